The van der Waals surface area contributed by atoms with E-state index in [2.05, 4.69) is 4.98 Å². The number of methoxy groups -OCH3 is 1. The number of amides is 1. The van der Waals surface area contributed by atoms with Crippen LogP contribution < -0.4 is 4.74 Å². The highest BCUT2D eigenvalue weighted by Crippen LogP contribution is 2.30. The maximum absolute atomic E-state index is 12.7. The molecule has 0 radical (unpaired) electrons. The van der Waals surface area contributed by atoms with E-state index in [4.69, 9.17) is 13.9 Å². The maximum Gasteiger partial charge on any atom is 0.256 e. The van der Waals surface area contributed by atoms with Crippen molar-refractivity contribution in [1.82, 2.24) is 9.88 Å². The standard InChI is InChI=1S/C18H22N2O4/c1-22-9-3-11-24-17-8-5-14(12-19-17)18(21)20(15-6-7-15)13-16-4-2-10-23-16/h2,4-5,8,10,12,15H,3,6-7,9,11,13H2,1H3. The summed E-state index contributed by atoms with van der Waals surface area (Å²) in [6.45, 7) is 1.69. The quantitative estimate of drug-likeness (QED) is 0.662. The number of pyridine rings is 1. The molecule has 1 fully saturated rings. The first-order valence-electron chi connectivity index (χ1n) is 8.19. The Morgan fingerprint density at radius 1 is 1.33 bits per heavy atom. The minimum absolute atomic E-state index is 0.0210. The Bertz CT molecular complexity index is 636. The lowest BCUT2D eigenvalue weighted by Gasteiger charge is -2.21. The Labute approximate surface area is 141 Å². The van der Waals surface area contributed by atoms with E-state index in [1.165, 1.54) is 0 Å². The molecule has 1 aliphatic rings. The molecule has 128 valence electrons. The van der Waals surface area contributed by atoms with Crippen molar-refractivity contribution in [1.29, 1.82) is 0 Å². The fourth-order valence-corrected chi connectivity index (χ4v) is 2.46. The van der Waals surface area contributed by atoms with Gasteiger partial charge in [0.15, 0.2) is 0 Å². The van der Waals surface area contributed by atoms with Crippen LogP contribution in [-0.2, 0) is 11.3 Å². The SMILES string of the molecule is COCCCOc1ccc(C(=O)N(Cc2ccco2)C2CC2)cn1. The number of aromatic nitrogens is 1. The minimum atomic E-state index is -0.0210. The zero-order valence-corrected chi connectivity index (χ0v) is 13.8. The number of rotatable bonds is 9. The third-order valence-corrected chi connectivity index (χ3v) is 3.88. The molecule has 0 aromatic carbocycles. The molecule has 0 spiro atoms. The molecule has 3 rings (SSSR count). The van der Waals surface area contributed by atoms with Gasteiger partial charge in [0, 0.05) is 38.4 Å². The van der Waals surface area contributed by atoms with Crippen LogP contribution in [0.5, 0.6) is 5.88 Å². The third-order valence-electron chi connectivity index (χ3n) is 3.88. The largest absolute Gasteiger partial charge is 0.478 e. The average molecular weight is 330 g/mol. The topological polar surface area (TPSA) is 64.8 Å². The highest BCUT2D eigenvalue weighted by atomic mass is 16.5. The van der Waals surface area contributed by atoms with Crippen LogP contribution in [0.15, 0.2) is 41.1 Å². The smallest absolute Gasteiger partial charge is 0.256 e. The van der Waals surface area contributed by atoms with Gasteiger partial charge in [-0.25, -0.2) is 4.98 Å². The molecule has 0 saturated heterocycles. The van der Waals surface area contributed by atoms with Crippen LogP contribution in [0.1, 0.15) is 35.4 Å². The van der Waals surface area contributed by atoms with Gasteiger partial charge >= 0.3 is 0 Å². The van der Waals surface area contributed by atoms with E-state index in [0.717, 1.165) is 25.0 Å². The lowest BCUT2D eigenvalue weighted by molar-refractivity contribution is 0.0717. The summed E-state index contributed by atoms with van der Waals surface area (Å²) in [6.07, 6.45) is 6.09. The Kier molecular flexibility index (Phi) is 5.48. The Balaban J connectivity index is 1.60. The van der Waals surface area contributed by atoms with E-state index in [1.54, 1.807) is 31.7 Å². The van der Waals surface area contributed by atoms with Crippen molar-refractivity contribution < 1.29 is 18.7 Å². The average Bonchev–Trinajstić information content (AvgIpc) is 3.32. The predicted molar refractivity (Wildman–Crippen MR) is 87.8 cm³/mol. The normalized spacial score (nSPS) is 13.7. The molecule has 2 aromatic rings. The van der Waals surface area contributed by atoms with Crippen LogP contribution in [0.3, 0.4) is 0 Å². The van der Waals surface area contributed by atoms with Gasteiger partial charge in [-0.3, -0.25) is 4.79 Å². The fraction of sp³-hybridized carbons (Fsp3) is 0.444. The molecule has 1 saturated carbocycles. The fourth-order valence-electron chi connectivity index (χ4n) is 2.46. The molecule has 1 aliphatic carbocycles. The van der Waals surface area contributed by atoms with Gasteiger partial charge in [0.2, 0.25) is 5.88 Å². The molecule has 0 bridgehead atoms. The maximum atomic E-state index is 12.7. The molecule has 0 aliphatic heterocycles. The van der Waals surface area contributed by atoms with E-state index in [9.17, 15) is 4.79 Å². The minimum Gasteiger partial charge on any atom is -0.478 e. The second-order valence-electron chi connectivity index (χ2n) is 5.82. The lowest BCUT2D eigenvalue weighted by atomic mass is 10.2. The summed E-state index contributed by atoms with van der Waals surface area (Å²) < 4.78 is 15.9. The molecule has 2 aromatic heterocycles. The summed E-state index contributed by atoms with van der Waals surface area (Å²) >= 11 is 0. The van der Waals surface area contributed by atoms with Crippen molar-refractivity contribution in [2.24, 2.45) is 0 Å². The van der Waals surface area contributed by atoms with Gasteiger partial charge in [-0.15, -0.1) is 0 Å². The summed E-state index contributed by atoms with van der Waals surface area (Å²) in [5, 5.41) is 0. The van der Waals surface area contributed by atoms with Gasteiger partial charge in [0.1, 0.15) is 5.76 Å². The molecule has 0 atom stereocenters. The van der Waals surface area contributed by atoms with Crippen LogP contribution in [0, 0.1) is 0 Å². The Morgan fingerprint density at radius 3 is 2.83 bits per heavy atom. The van der Waals surface area contributed by atoms with Crippen LogP contribution in [0.2, 0.25) is 0 Å². The molecule has 2 heterocycles. The molecule has 1 amide bonds. The first kappa shape index (κ1) is 16.5. The summed E-state index contributed by atoms with van der Waals surface area (Å²) in [4.78, 5) is 18.8. The van der Waals surface area contributed by atoms with E-state index < -0.39 is 0 Å². The Morgan fingerprint density at radius 2 is 2.21 bits per heavy atom. The van der Waals surface area contributed by atoms with Crippen molar-refractivity contribution >= 4 is 5.91 Å². The molecule has 6 nitrogen and oxygen atoms in total. The van der Waals surface area contributed by atoms with E-state index in [0.29, 0.717) is 37.2 Å². The number of furan rings is 1. The second kappa shape index (κ2) is 7.97. The summed E-state index contributed by atoms with van der Waals surface area (Å²) in [6, 6.07) is 7.52. The van der Waals surface area contributed by atoms with Crippen molar-refractivity contribution in [3.05, 3.63) is 48.0 Å². The van der Waals surface area contributed by atoms with Gasteiger partial charge in [-0.1, -0.05) is 0 Å². The van der Waals surface area contributed by atoms with Gasteiger partial charge < -0.3 is 18.8 Å². The van der Waals surface area contributed by atoms with Gasteiger partial charge in [-0.2, -0.15) is 0 Å². The lowest BCUT2D eigenvalue weighted by Crippen LogP contribution is -2.32. The zero-order chi connectivity index (χ0) is 16.8. The van der Waals surface area contributed by atoms with Crippen LogP contribution in [0.25, 0.3) is 0 Å². The van der Waals surface area contributed by atoms with Crippen molar-refractivity contribution in [3.63, 3.8) is 0 Å². The molecule has 6 heteroatoms. The van der Waals surface area contributed by atoms with E-state index in [1.807, 2.05) is 17.0 Å². The predicted octanol–water partition coefficient (Wildman–Crippen LogP) is 2.89. The van der Waals surface area contributed by atoms with E-state index in [-0.39, 0.29) is 5.91 Å². The highest BCUT2D eigenvalue weighted by molar-refractivity contribution is 5.94. The first-order chi connectivity index (χ1) is 11.8. The number of carbonyl (C=O) groups is 1. The Hall–Kier alpha value is -2.34. The molecule has 0 N–H and O–H groups in total. The van der Waals surface area contributed by atoms with Crippen molar-refractivity contribution in [3.8, 4) is 5.88 Å². The highest BCUT2D eigenvalue weighted by Gasteiger charge is 2.33. The van der Waals surface area contributed by atoms with Crippen LogP contribution in [-0.4, -0.2) is 42.2 Å². The second-order valence-corrected chi connectivity index (χ2v) is 5.82. The number of hydrogen-bond donors (Lipinski definition) is 0. The monoisotopic (exact) mass is 330 g/mol. The number of carbonyl (C=O) groups excluding carboxylic acids is 1. The number of hydrogen-bond acceptors (Lipinski definition) is 5. The summed E-state index contributed by atoms with van der Waals surface area (Å²) in [5.74, 6) is 1.29. The molecular formula is C18H22N2O4. The van der Waals surface area contributed by atoms with Crippen molar-refractivity contribution in [2.75, 3.05) is 20.3 Å². The number of ether oxygens (including phenoxy) is 2. The summed E-state index contributed by atoms with van der Waals surface area (Å²) in [5.41, 5.74) is 0.567. The first-order valence-corrected chi connectivity index (χ1v) is 8.19. The molecule has 24 heavy (non-hydrogen) atoms. The van der Waals surface area contributed by atoms with Gasteiger partial charge in [0.25, 0.3) is 5.91 Å². The molecular weight excluding hydrogens is 308 g/mol. The van der Waals surface area contributed by atoms with Crippen molar-refractivity contribution in [2.45, 2.75) is 31.8 Å². The summed E-state index contributed by atoms with van der Waals surface area (Å²) in [7, 11) is 1.66. The molecule has 0 unspecified atom stereocenters. The zero-order valence-electron chi connectivity index (χ0n) is 13.8. The third kappa shape index (κ3) is 4.35. The van der Waals surface area contributed by atoms with Crippen LogP contribution in [0.4, 0.5) is 0 Å². The van der Waals surface area contributed by atoms with Gasteiger partial charge in [-0.05, 0) is 31.0 Å². The number of nitrogens with zero attached hydrogens (tertiary/aromatic N) is 2. The van der Waals surface area contributed by atoms with Crippen LogP contribution >= 0.6 is 0 Å². The van der Waals surface area contributed by atoms with Gasteiger partial charge in [0.05, 0.1) is 25.0 Å². The van der Waals surface area contributed by atoms with E-state index >= 15 is 0 Å².